The van der Waals surface area contributed by atoms with Crippen molar-refractivity contribution < 1.29 is 9.53 Å². The van der Waals surface area contributed by atoms with Crippen molar-refractivity contribution in [2.75, 3.05) is 13.1 Å². The summed E-state index contributed by atoms with van der Waals surface area (Å²) in [6, 6.07) is 4.40. The van der Waals surface area contributed by atoms with Crippen molar-refractivity contribution in [2.45, 2.75) is 70.0 Å². The lowest BCUT2D eigenvalue weighted by Crippen LogP contribution is -2.58. The maximum atomic E-state index is 13.2. The van der Waals surface area contributed by atoms with Crippen LogP contribution in [0.3, 0.4) is 0 Å². The van der Waals surface area contributed by atoms with Crippen LogP contribution in [0.2, 0.25) is 0 Å². The molecule has 2 fully saturated rings. The highest BCUT2D eigenvalue weighted by Gasteiger charge is 2.58. The van der Waals surface area contributed by atoms with E-state index in [1.165, 1.54) is 22.6 Å². The van der Waals surface area contributed by atoms with E-state index in [1.54, 1.807) is 0 Å². The predicted octanol–water partition coefficient (Wildman–Crippen LogP) is 3.46. The molecule has 2 heterocycles. The molecule has 3 rings (SSSR count). The molecular formula is C18H27NO2S. The van der Waals surface area contributed by atoms with E-state index in [0.29, 0.717) is 6.54 Å². The van der Waals surface area contributed by atoms with Gasteiger partial charge < -0.3 is 10.1 Å². The molecule has 1 N–H and O–H groups in total. The van der Waals surface area contributed by atoms with Crippen LogP contribution in [0.15, 0.2) is 12.1 Å². The summed E-state index contributed by atoms with van der Waals surface area (Å²) in [7, 11) is 0. The maximum Gasteiger partial charge on any atom is 0.176 e. The van der Waals surface area contributed by atoms with Gasteiger partial charge in [0.2, 0.25) is 0 Å². The van der Waals surface area contributed by atoms with E-state index >= 15 is 0 Å². The van der Waals surface area contributed by atoms with Gasteiger partial charge in [0, 0.05) is 22.8 Å². The summed E-state index contributed by atoms with van der Waals surface area (Å²) in [5.41, 5.74) is -0.940. The first kappa shape index (κ1) is 16.2. The lowest BCUT2D eigenvalue weighted by molar-refractivity contribution is -0.156. The number of Topliss-reactive ketones (excluding diaryl/α,β-unsaturated/α-hetero) is 1. The Kier molecular flexibility index (Phi) is 4.45. The standard InChI is InChI=1S/C18H27NO2S/c1-4-5-6-14-7-8-15(22-14)18(9-10-18)16(20)17(3)12-19-11-13(2)21-17/h7-8,13,19H,4-6,9-12H2,1-3H3. The molecule has 1 aromatic rings. The molecule has 4 heteroatoms. The van der Waals surface area contributed by atoms with Crippen LogP contribution in [0, 0.1) is 0 Å². The van der Waals surface area contributed by atoms with E-state index in [1.807, 2.05) is 25.2 Å². The third kappa shape index (κ3) is 2.89. The number of carbonyl (C=O) groups excluding carboxylic acids is 1. The SMILES string of the molecule is CCCCc1ccc(C2(C(=O)C3(C)CNCC(C)O3)CC2)s1. The Morgan fingerprint density at radius 2 is 2.23 bits per heavy atom. The number of nitrogens with one attached hydrogen (secondary N) is 1. The van der Waals surface area contributed by atoms with Crippen LogP contribution in [0.25, 0.3) is 0 Å². The number of ether oxygens (including phenoxy) is 1. The van der Waals surface area contributed by atoms with Crippen LogP contribution in [-0.2, 0) is 21.4 Å². The summed E-state index contributed by atoms with van der Waals surface area (Å²) >= 11 is 1.84. The number of unbranched alkanes of at least 4 members (excludes halogenated alkanes) is 1. The smallest absolute Gasteiger partial charge is 0.176 e. The molecule has 2 aliphatic rings. The molecular weight excluding hydrogens is 294 g/mol. The van der Waals surface area contributed by atoms with Crippen LogP contribution in [0.4, 0.5) is 0 Å². The zero-order chi connectivity index (χ0) is 15.8. The van der Waals surface area contributed by atoms with E-state index in [2.05, 4.69) is 24.4 Å². The van der Waals surface area contributed by atoms with Crippen molar-refractivity contribution in [3.05, 3.63) is 21.9 Å². The van der Waals surface area contributed by atoms with Crippen LogP contribution in [-0.4, -0.2) is 30.6 Å². The highest BCUT2D eigenvalue weighted by Crippen LogP contribution is 2.53. The van der Waals surface area contributed by atoms with E-state index in [4.69, 9.17) is 4.74 Å². The van der Waals surface area contributed by atoms with Gasteiger partial charge in [-0.15, -0.1) is 11.3 Å². The number of thiophene rings is 1. The van der Waals surface area contributed by atoms with Gasteiger partial charge >= 0.3 is 0 Å². The molecule has 1 saturated heterocycles. The minimum absolute atomic E-state index is 0.0990. The lowest BCUT2D eigenvalue weighted by Gasteiger charge is -2.38. The third-order valence-electron chi connectivity index (χ3n) is 4.93. The summed E-state index contributed by atoms with van der Waals surface area (Å²) in [4.78, 5) is 15.9. The van der Waals surface area contributed by atoms with Gasteiger partial charge in [-0.1, -0.05) is 13.3 Å². The summed E-state index contributed by atoms with van der Waals surface area (Å²) < 4.78 is 6.05. The average Bonchev–Trinajstić information content (AvgIpc) is 3.16. The summed E-state index contributed by atoms with van der Waals surface area (Å²) in [5, 5.41) is 3.35. The topological polar surface area (TPSA) is 38.3 Å². The minimum atomic E-state index is -0.679. The van der Waals surface area contributed by atoms with Crippen molar-refractivity contribution in [3.8, 4) is 0 Å². The second-order valence-electron chi connectivity index (χ2n) is 7.07. The first-order chi connectivity index (χ1) is 10.5. The molecule has 0 bridgehead atoms. The molecule has 0 radical (unpaired) electrons. The highest BCUT2D eigenvalue weighted by molar-refractivity contribution is 7.12. The molecule has 1 aliphatic carbocycles. The molecule has 122 valence electrons. The number of morpholine rings is 1. The summed E-state index contributed by atoms with van der Waals surface area (Å²) in [6.45, 7) is 7.67. The fourth-order valence-electron chi connectivity index (χ4n) is 3.51. The molecule has 0 amide bonds. The van der Waals surface area contributed by atoms with Crippen LogP contribution in [0.5, 0.6) is 0 Å². The first-order valence-electron chi connectivity index (χ1n) is 8.53. The number of aryl methyl sites for hydroxylation is 1. The molecule has 1 aromatic heterocycles. The van der Waals surface area contributed by atoms with Crippen LogP contribution in [0.1, 0.15) is 56.2 Å². The zero-order valence-corrected chi connectivity index (χ0v) is 14.7. The molecule has 22 heavy (non-hydrogen) atoms. The number of ketones is 1. The van der Waals surface area contributed by atoms with Gasteiger partial charge in [0.1, 0.15) is 5.60 Å². The molecule has 1 aliphatic heterocycles. The van der Waals surface area contributed by atoms with Gasteiger partial charge in [-0.3, -0.25) is 4.79 Å². The Hall–Kier alpha value is -0.710. The fraction of sp³-hybridized carbons (Fsp3) is 0.722. The molecule has 2 unspecified atom stereocenters. The van der Waals surface area contributed by atoms with Gasteiger partial charge in [0.15, 0.2) is 5.78 Å². The molecule has 0 spiro atoms. The quantitative estimate of drug-likeness (QED) is 0.872. The third-order valence-corrected chi connectivity index (χ3v) is 6.28. The van der Waals surface area contributed by atoms with Crippen LogP contribution < -0.4 is 5.32 Å². The Morgan fingerprint density at radius 1 is 1.45 bits per heavy atom. The Bertz CT molecular complexity index is 549. The Labute approximate surface area is 137 Å². The fourth-order valence-corrected chi connectivity index (χ4v) is 4.81. The molecule has 2 atom stereocenters. The number of rotatable bonds is 6. The average molecular weight is 321 g/mol. The van der Waals surface area contributed by atoms with Gasteiger partial charge in [-0.25, -0.2) is 0 Å². The first-order valence-corrected chi connectivity index (χ1v) is 9.34. The Morgan fingerprint density at radius 3 is 2.86 bits per heavy atom. The van der Waals surface area contributed by atoms with Crippen molar-refractivity contribution in [3.63, 3.8) is 0 Å². The van der Waals surface area contributed by atoms with E-state index < -0.39 is 5.60 Å². The van der Waals surface area contributed by atoms with Gasteiger partial charge in [0.05, 0.1) is 11.5 Å². The minimum Gasteiger partial charge on any atom is -0.362 e. The van der Waals surface area contributed by atoms with Gasteiger partial charge in [-0.05, 0) is 51.7 Å². The Balaban J connectivity index is 1.78. The largest absolute Gasteiger partial charge is 0.362 e. The van der Waals surface area contributed by atoms with Crippen molar-refractivity contribution in [1.82, 2.24) is 5.32 Å². The second-order valence-corrected chi connectivity index (χ2v) is 8.24. The predicted molar refractivity (Wildman–Crippen MR) is 90.7 cm³/mol. The van der Waals surface area contributed by atoms with Crippen molar-refractivity contribution >= 4 is 17.1 Å². The van der Waals surface area contributed by atoms with Gasteiger partial charge in [0.25, 0.3) is 0 Å². The molecule has 1 saturated carbocycles. The lowest BCUT2D eigenvalue weighted by atomic mass is 9.85. The number of carbonyl (C=O) groups is 1. The molecule has 3 nitrogen and oxygen atoms in total. The van der Waals surface area contributed by atoms with E-state index in [-0.39, 0.29) is 17.3 Å². The van der Waals surface area contributed by atoms with Crippen molar-refractivity contribution in [1.29, 1.82) is 0 Å². The number of hydrogen-bond donors (Lipinski definition) is 1. The molecule has 0 aromatic carbocycles. The monoisotopic (exact) mass is 321 g/mol. The maximum absolute atomic E-state index is 13.2. The zero-order valence-electron chi connectivity index (χ0n) is 13.9. The summed E-state index contributed by atoms with van der Waals surface area (Å²) in [5.74, 6) is 0.281. The van der Waals surface area contributed by atoms with E-state index in [0.717, 1.165) is 25.8 Å². The number of hydrogen-bond acceptors (Lipinski definition) is 4. The second kappa shape index (κ2) is 6.06. The van der Waals surface area contributed by atoms with E-state index in [9.17, 15) is 4.79 Å². The van der Waals surface area contributed by atoms with Crippen LogP contribution >= 0.6 is 11.3 Å². The summed E-state index contributed by atoms with van der Waals surface area (Å²) in [6.07, 6.45) is 5.63. The highest BCUT2D eigenvalue weighted by atomic mass is 32.1. The normalized spacial score (nSPS) is 30.2. The van der Waals surface area contributed by atoms with Gasteiger partial charge in [-0.2, -0.15) is 0 Å². The van der Waals surface area contributed by atoms with Crippen molar-refractivity contribution in [2.24, 2.45) is 0 Å².